The minimum absolute atomic E-state index is 0.886. The third-order valence-electron chi connectivity index (χ3n) is 12.3. The van der Waals surface area contributed by atoms with E-state index < -0.39 is 8.07 Å². The van der Waals surface area contributed by atoms with Crippen molar-refractivity contribution in [2.75, 3.05) is 0 Å². The van der Waals surface area contributed by atoms with Crippen molar-refractivity contribution >= 4 is 94.4 Å². The number of benzene rings is 9. The second-order valence-electron chi connectivity index (χ2n) is 15.3. The number of para-hydroxylation sites is 3. The summed E-state index contributed by atoms with van der Waals surface area (Å²) >= 11 is 0. The highest BCUT2D eigenvalue weighted by Crippen LogP contribution is 2.38. The molecule has 58 heavy (non-hydrogen) atoms. The van der Waals surface area contributed by atoms with Gasteiger partial charge in [-0.05, 0) is 81.4 Å². The first-order valence-electron chi connectivity index (χ1n) is 19.9. The van der Waals surface area contributed by atoms with Gasteiger partial charge < -0.3 is 13.6 Å². The molecule has 3 aromatic heterocycles. The maximum Gasteiger partial charge on any atom is 0.179 e. The van der Waals surface area contributed by atoms with Crippen molar-refractivity contribution in [2.24, 2.45) is 0 Å². The Balaban J connectivity index is 1.08. The summed E-state index contributed by atoms with van der Waals surface area (Å²) < 4.78 is 11.4. The smallest absolute Gasteiger partial charge is 0.179 e. The highest BCUT2D eigenvalue weighted by molar-refractivity contribution is 7.20. The van der Waals surface area contributed by atoms with Crippen LogP contribution in [0.15, 0.2) is 223 Å². The summed E-state index contributed by atoms with van der Waals surface area (Å²) in [6, 6.07) is 80.1. The van der Waals surface area contributed by atoms with Crippen molar-refractivity contribution in [1.29, 1.82) is 0 Å². The maximum atomic E-state index is 6.62. The molecule has 0 atom stereocenters. The standard InChI is InChI=1S/C54H36N2OSi/c1-4-16-39(17-5-1)58(40-18-6-2-7-19-40,41-20-8-3-9-21-41)42-30-33-54-48(36-42)47-35-38(29-32-53(47)57-54)56-51-27-15-12-24-45(51)46-34-37(28-31-52(46)56)55-49-25-13-10-22-43(49)44-23-11-14-26-50(44)55/h1-36H. The van der Waals surface area contributed by atoms with Gasteiger partial charge in [-0.2, -0.15) is 0 Å². The fourth-order valence-electron chi connectivity index (χ4n) is 9.78. The summed E-state index contributed by atoms with van der Waals surface area (Å²) in [6.45, 7) is 0. The van der Waals surface area contributed by atoms with Crippen LogP contribution in [0.4, 0.5) is 0 Å². The molecule has 9 aromatic carbocycles. The highest BCUT2D eigenvalue weighted by Gasteiger charge is 2.41. The van der Waals surface area contributed by atoms with E-state index in [4.69, 9.17) is 4.42 Å². The zero-order valence-corrected chi connectivity index (χ0v) is 32.6. The van der Waals surface area contributed by atoms with E-state index >= 15 is 0 Å². The van der Waals surface area contributed by atoms with Gasteiger partial charge in [0, 0.05) is 43.7 Å². The Labute approximate surface area is 336 Å². The van der Waals surface area contributed by atoms with Gasteiger partial charge in [0.05, 0.1) is 22.1 Å². The average Bonchev–Trinajstić information content (AvgIpc) is 3.95. The molecule has 0 aliphatic heterocycles. The Bertz CT molecular complexity index is 3360. The maximum absolute atomic E-state index is 6.62. The highest BCUT2D eigenvalue weighted by atomic mass is 28.3. The van der Waals surface area contributed by atoms with E-state index in [1.165, 1.54) is 64.4 Å². The summed E-state index contributed by atoms with van der Waals surface area (Å²) in [5.41, 5.74) is 8.80. The van der Waals surface area contributed by atoms with E-state index in [0.29, 0.717) is 0 Å². The first-order chi connectivity index (χ1) is 28.8. The van der Waals surface area contributed by atoms with E-state index in [-0.39, 0.29) is 0 Å². The Morgan fingerprint density at radius 1 is 0.276 bits per heavy atom. The minimum Gasteiger partial charge on any atom is -0.456 e. The number of fused-ring (bicyclic) bond motifs is 9. The van der Waals surface area contributed by atoms with Crippen LogP contribution in [0.5, 0.6) is 0 Å². The topological polar surface area (TPSA) is 23.0 Å². The van der Waals surface area contributed by atoms with Crippen molar-refractivity contribution in [3.05, 3.63) is 218 Å². The largest absolute Gasteiger partial charge is 0.456 e. The van der Waals surface area contributed by atoms with Crippen LogP contribution in [0.1, 0.15) is 0 Å². The lowest BCUT2D eigenvalue weighted by Crippen LogP contribution is -2.74. The number of hydrogen-bond acceptors (Lipinski definition) is 1. The van der Waals surface area contributed by atoms with Gasteiger partial charge >= 0.3 is 0 Å². The van der Waals surface area contributed by atoms with E-state index in [9.17, 15) is 0 Å². The number of hydrogen-bond donors (Lipinski definition) is 0. The molecule has 0 bridgehead atoms. The fraction of sp³-hybridized carbons (Fsp3) is 0. The van der Waals surface area contributed by atoms with Crippen molar-refractivity contribution in [3.63, 3.8) is 0 Å². The van der Waals surface area contributed by atoms with Gasteiger partial charge in [0.25, 0.3) is 0 Å². The molecule has 0 saturated heterocycles. The molecule has 0 spiro atoms. The van der Waals surface area contributed by atoms with E-state index in [1.54, 1.807) is 0 Å². The summed E-state index contributed by atoms with van der Waals surface area (Å²) in [5.74, 6) is 0. The van der Waals surface area contributed by atoms with E-state index in [0.717, 1.165) is 33.3 Å². The van der Waals surface area contributed by atoms with Gasteiger partial charge in [-0.1, -0.05) is 158 Å². The second-order valence-corrected chi connectivity index (χ2v) is 19.1. The Kier molecular flexibility index (Phi) is 7.25. The molecule has 0 aliphatic rings. The molecule has 4 heteroatoms. The van der Waals surface area contributed by atoms with Gasteiger partial charge in [-0.15, -0.1) is 0 Å². The van der Waals surface area contributed by atoms with Crippen LogP contribution in [-0.4, -0.2) is 17.2 Å². The van der Waals surface area contributed by atoms with Crippen molar-refractivity contribution in [2.45, 2.75) is 0 Å². The quantitative estimate of drug-likeness (QED) is 0.122. The van der Waals surface area contributed by atoms with Gasteiger partial charge in [0.15, 0.2) is 8.07 Å². The predicted octanol–water partition coefficient (Wildman–Crippen LogP) is 11.2. The van der Waals surface area contributed by atoms with Crippen LogP contribution >= 0.6 is 0 Å². The molecule has 12 rings (SSSR count). The van der Waals surface area contributed by atoms with Gasteiger partial charge in [0.1, 0.15) is 11.2 Å². The summed E-state index contributed by atoms with van der Waals surface area (Å²) in [4.78, 5) is 0. The number of rotatable bonds is 6. The third-order valence-corrected chi connectivity index (χ3v) is 17.0. The molecule has 0 unspecified atom stereocenters. The monoisotopic (exact) mass is 756 g/mol. The lowest BCUT2D eigenvalue weighted by Gasteiger charge is -2.34. The van der Waals surface area contributed by atoms with Crippen LogP contribution in [0.25, 0.3) is 76.9 Å². The summed E-state index contributed by atoms with van der Waals surface area (Å²) in [6.07, 6.45) is 0. The van der Waals surface area contributed by atoms with Crippen molar-refractivity contribution < 1.29 is 4.42 Å². The fourth-order valence-corrected chi connectivity index (χ4v) is 14.6. The molecule has 3 nitrogen and oxygen atoms in total. The Morgan fingerprint density at radius 3 is 1.17 bits per heavy atom. The van der Waals surface area contributed by atoms with Gasteiger partial charge in [0.2, 0.25) is 0 Å². The summed E-state index contributed by atoms with van der Waals surface area (Å²) in [5, 5.41) is 12.6. The second kappa shape index (κ2) is 12.8. The predicted molar refractivity (Wildman–Crippen MR) is 246 cm³/mol. The minimum atomic E-state index is -2.73. The van der Waals surface area contributed by atoms with Crippen LogP contribution < -0.4 is 20.7 Å². The molecule has 0 saturated carbocycles. The Hall–Kier alpha value is -7.40. The molecule has 0 amide bonds. The van der Waals surface area contributed by atoms with Gasteiger partial charge in [-0.3, -0.25) is 0 Å². The zero-order valence-electron chi connectivity index (χ0n) is 31.6. The number of aromatic nitrogens is 2. The molecular formula is C54H36N2OSi. The summed E-state index contributed by atoms with van der Waals surface area (Å²) in [7, 11) is -2.73. The number of nitrogens with zero attached hydrogens (tertiary/aromatic N) is 2. The first-order valence-corrected chi connectivity index (χ1v) is 21.9. The van der Waals surface area contributed by atoms with Crippen LogP contribution in [0.2, 0.25) is 0 Å². The molecule has 272 valence electrons. The molecule has 0 aliphatic carbocycles. The first kappa shape index (κ1) is 32.8. The van der Waals surface area contributed by atoms with Crippen molar-refractivity contribution in [1.82, 2.24) is 9.13 Å². The zero-order chi connectivity index (χ0) is 38.2. The van der Waals surface area contributed by atoms with Gasteiger partial charge in [-0.25, -0.2) is 0 Å². The number of furan rings is 1. The average molecular weight is 757 g/mol. The Morgan fingerprint density at radius 2 is 0.655 bits per heavy atom. The molecule has 12 aromatic rings. The lowest BCUT2D eigenvalue weighted by molar-refractivity contribution is 0.669. The molecule has 0 N–H and O–H groups in total. The van der Waals surface area contributed by atoms with E-state index in [1.807, 2.05) is 0 Å². The SMILES string of the molecule is c1ccc([Si](c2ccccc2)(c2ccccc2)c2ccc3oc4ccc(-n5c6ccccc6c6cc(-n7c8ccccc8c8ccccc87)ccc65)cc4c3c2)cc1. The van der Waals surface area contributed by atoms with Crippen molar-refractivity contribution in [3.8, 4) is 11.4 Å². The van der Waals surface area contributed by atoms with E-state index in [2.05, 4.69) is 228 Å². The van der Waals surface area contributed by atoms with Crippen LogP contribution in [0.3, 0.4) is 0 Å². The lowest BCUT2D eigenvalue weighted by atomic mass is 10.1. The normalized spacial score (nSPS) is 12.1. The van der Waals surface area contributed by atoms with Crippen LogP contribution in [-0.2, 0) is 0 Å². The third kappa shape index (κ3) is 4.73. The van der Waals surface area contributed by atoms with Crippen LogP contribution in [0, 0.1) is 0 Å². The molecule has 0 fully saturated rings. The molecule has 0 radical (unpaired) electrons. The molecule has 3 heterocycles. The molecular weight excluding hydrogens is 721 g/mol.